The first-order chi connectivity index (χ1) is 15.0. The summed E-state index contributed by atoms with van der Waals surface area (Å²) in [5, 5.41) is 3.27. The van der Waals surface area contributed by atoms with Gasteiger partial charge in [0.1, 0.15) is 0 Å². The van der Waals surface area contributed by atoms with Crippen LogP contribution in [0.15, 0.2) is 36.4 Å². The molecule has 0 spiro atoms. The summed E-state index contributed by atoms with van der Waals surface area (Å²) in [6.07, 6.45) is 4.89. The van der Waals surface area contributed by atoms with Gasteiger partial charge in [-0.2, -0.15) is 0 Å². The van der Waals surface area contributed by atoms with Gasteiger partial charge in [-0.25, -0.2) is 9.97 Å². The highest BCUT2D eigenvalue weighted by Crippen LogP contribution is 2.24. The van der Waals surface area contributed by atoms with Gasteiger partial charge in [-0.1, -0.05) is 30.3 Å². The summed E-state index contributed by atoms with van der Waals surface area (Å²) in [5.74, 6) is 1.69. The molecule has 2 fully saturated rings. The number of carbonyl (C=O) groups excluding carboxylic acids is 1. The van der Waals surface area contributed by atoms with Gasteiger partial charge in [0.05, 0.1) is 0 Å². The molecule has 4 rings (SSSR count). The molecule has 2 aliphatic heterocycles. The average molecular weight is 422 g/mol. The maximum Gasteiger partial charge on any atom is 0.225 e. The number of hydrogen-bond acceptors (Lipinski definition) is 5. The molecule has 0 saturated carbocycles. The Morgan fingerprint density at radius 3 is 2.45 bits per heavy atom. The normalized spacial score (nSPS) is 20.2. The zero-order valence-corrected chi connectivity index (χ0v) is 18.9. The molecule has 6 nitrogen and oxygen atoms in total. The molecule has 2 saturated heterocycles. The number of hydrogen-bond donors (Lipinski definition) is 1. The van der Waals surface area contributed by atoms with Gasteiger partial charge in [0.2, 0.25) is 11.9 Å². The van der Waals surface area contributed by atoms with Crippen LogP contribution in [0.3, 0.4) is 0 Å². The van der Waals surface area contributed by atoms with Crippen LogP contribution in [-0.4, -0.2) is 53.0 Å². The third kappa shape index (κ3) is 6.26. The molecular weight excluding hydrogens is 386 g/mol. The van der Waals surface area contributed by atoms with Gasteiger partial charge < -0.3 is 10.2 Å². The van der Waals surface area contributed by atoms with Gasteiger partial charge in [0.15, 0.2) is 0 Å². The van der Waals surface area contributed by atoms with Crippen LogP contribution >= 0.6 is 0 Å². The zero-order valence-electron chi connectivity index (χ0n) is 18.9. The standard InChI is InChI=1S/C25H35N5O/c1-19-16-20(2)27-25(26-19)30-14-10-21(11-15-30)8-9-24(31)28-23-12-13-29(18-23)17-22-6-4-3-5-7-22/h3-7,16,21,23H,8-15,17-18H2,1-2H3,(H,28,31)/t23-/m0/s1. The predicted octanol–water partition coefficient (Wildman–Crippen LogP) is 3.48. The highest BCUT2D eigenvalue weighted by molar-refractivity contribution is 5.76. The molecule has 1 amide bonds. The van der Waals surface area contributed by atoms with E-state index in [-0.39, 0.29) is 5.91 Å². The fourth-order valence-electron chi connectivity index (χ4n) is 4.84. The molecule has 1 N–H and O–H groups in total. The molecule has 0 unspecified atom stereocenters. The van der Waals surface area contributed by atoms with E-state index in [1.165, 1.54) is 5.56 Å². The summed E-state index contributed by atoms with van der Waals surface area (Å²) in [4.78, 5) is 26.4. The van der Waals surface area contributed by atoms with E-state index in [9.17, 15) is 4.79 Å². The minimum absolute atomic E-state index is 0.214. The van der Waals surface area contributed by atoms with Gasteiger partial charge in [-0.3, -0.25) is 9.69 Å². The Bertz CT molecular complexity index is 843. The Kier molecular flexibility index (Phi) is 7.17. The molecule has 1 aromatic heterocycles. The van der Waals surface area contributed by atoms with E-state index < -0.39 is 0 Å². The topological polar surface area (TPSA) is 61.4 Å². The molecule has 6 heteroatoms. The first-order valence-corrected chi connectivity index (χ1v) is 11.7. The fourth-order valence-corrected chi connectivity index (χ4v) is 4.84. The number of rotatable bonds is 7. The van der Waals surface area contributed by atoms with E-state index in [1.807, 2.05) is 19.9 Å². The van der Waals surface area contributed by atoms with E-state index in [0.29, 0.717) is 18.4 Å². The largest absolute Gasteiger partial charge is 0.352 e. The quantitative estimate of drug-likeness (QED) is 0.742. The van der Waals surface area contributed by atoms with Crippen molar-refractivity contribution < 1.29 is 4.79 Å². The van der Waals surface area contributed by atoms with Gasteiger partial charge >= 0.3 is 0 Å². The van der Waals surface area contributed by atoms with Crippen molar-refractivity contribution in [3.05, 3.63) is 53.3 Å². The number of nitrogens with zero attached hydrogens (tertiary/aromatic N) is 4. The molecule has 3 heterocycles. The lowest BCUT2D eigenvalue weighted by atomic mass is 9.92. The minimum atomic E-state index is 0.214. The molecule has 31 heavy (non-hydrogen) atoms. The minimum Gasteiger partial charge on any atom is -0.352 e. The lowest BCUT2D eigenvalue weighted by Crippen LogP contribution is -2.38. The number of piperidine rings is 1. The molecule has 2 aromatic rings. The van der Waals surface area contributed by atoms with Crippen molar-refractivity contribution in [2.75, 3.05) is 31.1 Å². The lowest BCUT2D eigenvalue weighted by Gasteiger charge is -2.32. The van der Waals surface area contributed by atoms with Crippen LogP contribution in [-0.2, 0) is 11.3 Å². The van der Waals surface area contributed by atoms with Gasteiger partial charge in [0.25, 0.3) is 0 Å². The summed E-state index contributed by atoms with van der Waals surface area (Å²) in [6.45, 7) is 8.98. The van der Waals surface area contributed by atoms with Crippen LogP contribution in [0, 0.1) is 19.8 Å². The average Bonchev–Trinajstić information content (AvgIpc) is 3.19. The van der Waals surface area contributed by atoms with Crippen molar-refractivity contribution in [3.63, 3.8) is 0 Å². The van der Waals surface area contributed by atoms with Gasteiger partial charge in [0, 0.05) is 56.6 Å². The Labute approximate surface area is 186 Å². The van der Waals surface area contributed by atoms with Crippen molar-refractivity contribution in [1.29, 1.82) is 0 Å². The van der Waals surface area contributed by atoms with Crippen molar-refractivity contribution in [2.24, 2.45) is 5.92 Å². The van der Waals surface area contributed by atoms with Crippen LogP contribution in [0.4, 0.5) is 5.95 Å². The van der Waals surface area contributed by atoms with Gasteiger partial charge in [-0.05, 0) is 57.1 Å². The Morgan fingerprint density at radius 1 is 1.03 bits per heavy atom. The SMILES string of the molecule is Cc1cc(C)nc(N2CCC(CCC(=O)N[C@H]3CCN(Cc4ccccc4)C3)CC2)n1. The van der Waals surface area contributed by atoms with E-state index in [4.69, 9.17) is 0 Å². The molecule has 0 bridgehead atoms. The second kappa shape index (κ2) is 10.2. The van der Waals surface area contributed by atoms with Crippen molar-refractivity contribution >= 4 is 11.9 Å². The third-order valence-corrected chi connectivity index (χ3v) is 6.53. The lowest BCUT2D eigenvalue weighted by molar-refractivity contribution is -0.122. The van der Waals surface area contributed by atoms with E-state index in [1.54, 1.807) is 0 Å². The fraction of sp³-hybridized carbons (Fsp3) is 0.560. The number of anilines is 1. The maximum absolute atomic E-state index is 12.5. The van der Waals surface area contributed by atoms with Crippen molar-refractivity contribution in [3.8, 4) is 0 Å². The second-order valence-electron chi connectivity index (χ2n) is 9.19. The summed E-state index contributed by atoms with van der Waals surface area (Å²) in [7, 11) is 0. The van der Waals surface area contributed by atoms with Crippen molar-refractivity contribution in [1.82, 2.24) is 20.2 Å². The monoisotopic (exact) mass is 421 g/mol. The summed E-state index contributed by atoms with van der Waals surface area (Å²) < 4.78 is 0. The van der Waals surface area contributed by atoms with E-state index in [0.717, 1.165) is 75.7 Å². The van der Waals surface area contributed by atoms with Crippen LogP contribution in [0.5, 0.6) is 0 Å². The van der Waals surface area contributed by atoms with Crippen LogP contribution < -0.4 is 10.2 Å². The first kappa shape index (κ1) is 21.8. The number of aryl methyl sites for hydroxylation is 2. The second-order valence-corrected chi connectivity index (χ2v) is 9.19. The Balaban J connectivity index is 1.15. The first-order valence-electron chi connectivity index (χ1n) is 11.7. The Hall–Kier alpha value is -2.47. The summed E-state index contributed by atoms with van der Waals surface area (Å²) in [5.41, 5.74) is 3.39. The van der Waals surface area contributed by atoms with Crippen LogP contribution in [0.1, 0.15) is 49.1 Å². The zero-order chi connectivity index (χ0) is 21.6. The number of carbonyl (C=O) groups is 1. The number of likely N-dealkylation sites (tertiary alicyclic amines) is 1. The molecule has 1 aromatic carbocycles. The highest BCUT2D eigenvalue weighted by atomic mass is 16.1. The van der Waals surface area contributed by atoms with E-state index in [2.05, 4.69) is 55.4 Å². The molecule has 0 radical (unpaired) electrons. The number of benzene rings is 1. The smallest absolute Gasteiger partial charge is 0.225 e. The number of aromatic nitrogens is 2. The molecule has 0 aliphatic carbocycles. The molecule has 166 valence electrons. The van der Waals surface area contributed by atoms with Crippen LogP contribution in [0.25, 0.3) is 0 Å². The number of nitrogens with one attached hydrogen (secondary N) is 1. The summed E-state index contributed by atoms with van der Waals surface area (Å²) in [6, 6.07) is 12.9. The predicted molar refractivity (Wildman–Crippen MR) is 124 cm³/mol. The summed E-state index contributed by atoms with van der Waals surface area (Å²) >= 11 is 0. The third-order valence-electron chi connectivity index (χ3n) is 6.53. The molecule has 2 aliphatic rings. The van der Waals surface area contributed by atoms with Crippen LogP contribution in [0.2, 0.25) is 0 Å². The Morgan fingerprint density at radius 2 is 1.74 bits per heavy atom. The van der Waals surface area contributed by atoms with E-state index >= 15 is 0 Å². The van der Waals surface area contributed by atoms with Crippen molar-refractivity contribution in [2.45, 2.75) is 58.5 Å². The maximum atomic E-state index is 12.5. The molecule has 1 atom stereocenters. The van der Waals surface area contributed by atoms with Gasteiger partial charge in [-0.15, -0.1) is 0 Å². The highest BCUT2D eigenvalue weighted by Gasteiger charge is 2.25. The molecular formula is C25H35N5O. The number of amides is 1.